The van der Waals surface area contributed by atoms with Crippen LogP contribution >= 0.6 is 11.6 Å². The normalized spacial score (nSPS) is 11.8. The molecule has 0 bridgehead atoms. The number of aliphatic hydroxyl groups excluding tert-OH is 1. The number of rotatable bonds is 4. The van der Waals surface area contributed by atoms with Crippen LogP contribution in [0.1, 0.15) is 11.7 Å². The van der Waals surface area contributed by atoms with Gasteiger partial charge in [-0.05, 0) is 12.1 Å². The van der Waals surface area contributed by atoms with Crippen LogP contribution in [0.25, 0.3) is 0 Å². The van der Waals surface area contributed by atoms with Crippen LogP contribution < -0.4 is 4.74 Å². The summed E-state index contributed by atoms with van der Waals surface area (Å²) in [5.41, 5.74) is 0.200. The zero-order valence-electron chi connectivity index (χ0n) is 9.57. The Balaban J connectivity index is 3.15. The lowest BCUT2D eigenvalue weighted by atomic mass is 10.0. The van der Waals surface area contributed by atoms with Gasteiger partial charge in [0.1, 0.15) is 11.9 Å². The largest absolute Gasteiger partial charge is 0.496 e. The van der Waals surface area contributed by atoms with Gasteiger partial charge in [-0.25, -0.2) is 4.79 Å². The van der Waals surface area contributed by atoms with Gasteiger partial charge in [0.25, 0.3) is 0 Å². The van der Waals surface area contributed by atoms with Crippen molar-refractivity contribution in [2.75, 3.05) is 14.2 Å². The lowest BCUT2D eigenvalue weighted by Gasteiger charge is -2.16. The van der Waals surface area contributed by atoms with E-state index in [9.17, 15) is 9.90 Å². The first kappa shape index (κ1) is 13.5. The summed E-state index contributed by atoms with van der Waals surface area (Å²) in [7, 11) is 2.66. The number of hydrogen-bond donors (Lipinski definition) is 1. The summed E-state index contributed by atoms with van der Waals surface area (Å²) in [5.74, 6) is -0.311. The van der Waals surface area contributed by atoms with Crippen molar-refractivity contribution < 1.29 is 19.4 Å². The Hall–Kier alpha value is -1.52. The molecule has 0 saturated heterocycles. The molecule has 0 spiro atoms. The van der Waals surface area contributed by atoms with E-state index in [4.69, 9.17) is 16.3 Å². The molecule has 5 heteroatoms. The quantitative estimate of drug-likeness (QED) is 0.662. The SMILES string of the molecule is C=C(C(=O)OC)C(O)c1c(Cl)cccc1OC. The number of hydrogen-bond acceptors (Lipinski definition) is 4. The Morgan fingerprint density at radius 1 is 1.47 bits per heavy atom. The second-order valence-corrected chi connectivity index (χ2v) is 3.68. The molecule has 0 saturated carbocycles. The molecule has 1 N–H and O–H groups in total. The highest BCUT2D eigenvalue weighted by Crippen LogP contribution is 2.35. The fourth-order valence-electron chi connectivity index (χ4n) is 1.38. The van der Waals surface area contributed by atoms with Crippen LogP contribution in [0.3, 0.4) is 0 Å². The molecule has 4 nitrogen and oxygen atoms in total. The smallest absolute Gasteiger partial charge is 0.336 e. The second-order valence-electron chi connectivity index (χ2n) is 3.28. The van der Waals surface area contributed by atoms with Crippen molar-refractivity contribution >= 4 is 17.6 Å². The molecule has 1 unspecified atom stereocenters. The maximum absolute atomic E-state index is 11.3. The van der Waals surface area contributed by atoms with Gasteiger partial charge in [-0.1, -0.05) is 24.2 Å². The molecule has 0 aliphatic carbocycles. The van der Waals surface area contributed by atoms with Gasteiger partial charge in [0.05, 0.1) is 24.8 Å². The van der Waals surface area contributed by atoms with Gasteiger partial charge in [0.15, 0.2) is 0 Å². The Morgan fingerprint density at radius 2 is 2.12 bits per heavy atom. The van der Waals surface area contributed by atoms with Crippen molar-refractivity contribution in [3.63, 3.8) is 0 Å². The Kier molecular flexibility index (Phi) is 4.54. The van der Waals surface area contributed by atoms with E-state index >= 15 is 0 Å². The molecule has 0 aliphatic heterocycles. The van der Waals surface area contributed by atoms with Gasteiger partial charge in [-0.15, -0.1) is 0 Å². The summed E-state index contributed by atoms with van der Waals surface area (Å²) in [5, 5.41) is 10.3. The second kappa shape index (κ2) is 5.70. The van der Waals surface area contributed by atoms with Crippen LogP contribution in [-0.2, 0) is 9.53 Å². The minimum atomic E-state index is -1.26. The molecule has 1 aromatic carbocycles. The molecule has 0 fully saturated rings. The van der Waals surface area contributed by atoms with Crippen LogP contribution in [0.2, 0.25) is 5.02 Å². The number of benzene rings is 1. The van der Waals surface area contributed by atoms with Crippen LogP contribution in [-0.4, -0.2) is 25.3 Å². The zero-order chi connectivity index (χ0) is 13.0. The molecule has 1 aromatic rings. The third-order valence-electron chi connectivity index (χ3n) is 2.28. The van der Waals surface area contributed by atoms with Gasteiger partial charge in [0.2, 0.25) is 0 Å². The maximum Gasteiger partial charge on any atom is 0.336 e. The van der Waals surface area contributed by atoms with Crippen molar-refractivity contribution in [3.8, 4) is 5.75 Å². The molecular formula is C12H13ClO4. The van der Waals surface area contributed by atoms with E-state index in [1.54, 1.807) is 18.2 Å². The Morgan fingerprint density at radius 3 is 2.65 bits per heavy atom. The summed E-state index contributed by atoms with van der Waals surface area (Å²) in [4.78, 5) is 11.3. The predicted molar refractivity (Wildman–Crippen MR) is 64.1 cm³/mol. The summed E-state index contributed by atoms with van der Waals surface area (Å²) in [6, 6.07) is 4.90. The third kappa shape index (κ3) is 2.78. The minimum Gasteiger partial charge on any atom is -0.496 e. The first-order valence-corrected chi connectivity index (χ1v) is 5.18. The van der Waals surface area contributed by atoms with E-state index in [1.807, 2.05) is 0 Å². The van der Waals surface area contributed by atoms with E-state index < -0.39 is 12.1 Å². The average Bonchev–Trinajstić information content (AvgIpc) is 2.35. The summed E-state index contributed by atoms with van der Waals surface area (Å²) in [6.07, 6.45) is -1.26. The van der Waals surface area contributed by atoms with Crippen LogP contribution in [0.15, 0.2) is 30.4 Å². The lowest BCUT2D eigenvalue weighted by molar-refractivity contribution is -0.137. The third-order valence-corrected chi connectivity index (χ3v) is 2.61. The van der Waals surface area contributed by atoms with Crippen LogP contribution in [0.5, 0.6) is 5.75 Å². The summed E-state index contributed by atoms with van der Waals surface area (Å²) >= 11 is 5.96. The van der Waals surface area contributed by atoms with E-state index in [0.717, 1.165) is 0 Å². The molecule has 17 heavy (non-hydrogen) atoms. The number of carbonyl (C=O) groups is 1. The number of esters is 1. The van der Waals surface area contributed by atoms with Gasteiger partial charge in [-0.2, -0.15) is 0 Å². The minimum absolute atomic E-state index is 0.0982. The van der Waals surface area contributed by atoms with E-state index in [2.05, 4.69) is 11.3 Å². The molecule has 1 rings (SSSR count). The molecule has 0 heterocycles. The number of methoxy groups -OCH3 is 2. The molecule has 92 valence electrons. The first-order chi connectivity index (χ1) is 8.02. The van der Waals surface area contributed by atoms with E-state index in [0.29, 0.717) is 16.3 Å². The number of aliphatic hydroxyl groups is 1. The highest BCUT2D eigenvalue weighted by molar-refractivity contribution is 6.31. The van der Waals surface area contributed by atoms with Crippen molar-refractivity contribution in [2.24, 2.45) is 0 Å². The number of halogens is 1. The zero-order valence-corrected chi connectivity index (χ0v) is 10.3. The van der Waals surface area contributed by atoms with Gasteiger partial charge in [-0.3, -0.25) is 0 Å². The predicted octanol–water partition coefficient (Wildman–Crippen LogP) is 2.11. The molecular weight excluding hydrogens is 244 g/mol. The summed E-state index contributed by atoms with van der Waals surface area (Å²) in [6.45, 7) is 3.48. The summed E-state index contributed by atoms with van der Waals surface area (Å²) < 4.78 is 9.56. The van der Waals surface area contributed by atoms with Crippen molar-refractivity contribution in [3.05, 3.63) is 40.9 Å². The Labute approximate surface area is 104 Å². The molecule has 0 aliphatic rings. The van der Waals surface area contributed by atoms with Crippen molar-refractivity contribution in [2.45, 2.75) is 6.10 Å². The van der Waals surface area contributed by atoms with E-state index in [1.165, 1.54) is 14.2 Å². The van der Waals surface area contributed by atoms with Gasteiger partial charge >= 0.3 is 5.97 Å². The molecule has 0 radical (unpaired) electrons. The van der Waals surface area contributed by atoms with Crippen molar-refractivity contribution in [1.29, 1.82) is 0 Å². The standard InChI is InChI=1S/C12H13ClO4/c1-7(12(15)17-3)11(14)10-8(13)5-4-6-9(10)16-2/h4-6,11,14H,1H2,2-3H3. The lowest BCUT2D eigenvalue weighted by Crippen LogP contribution is -2.13. The first-order valence-electron chi connectivity index (χ1n) is 4.80. The van der Waals surface area contributed by atoms with Crippen molar-refractivity contribution in [1.82, 2.24) is 0 Å². The van der Waals surface area contributed by atoms with E-state index in [-0.39, 0.29) is 5.57 Å². The monoisotopic (exact) mass is 256 g/mol. The van der Waals surface area contributed by atoms with Crippen LogP contribution in [0.4, 0.5) is 0 Å². The topological polar surface area (TPSA) is 55.8 Å². The van der Waals surface area contributed by atoms with Gasteiger partial charge < -0.3 is 14.6 Å². The Bertz CT molecular complexity index is 442. The number of carbonyl (C=O) groups excluding carboxylic acids is 1. The molecule has 0 amide bonds. The number of ether oxygens (including phenoxy) is 2. The molecule has 1 atom stereocenters. The van der Waals surface area contributed by atoms with Gasteiger partial charge in [0, 0.05) is 5.56 Å². The van der Waals surface area contributed by atoms with Crippen LogP contribution in [0, 0.1) is 0 Å². The average molecular weight is 257 g/mol. The highest BCUT2D eigenvalue weighted by Gasteiger charge is 2.24. The molecule has 0 aromatic heterocycles. The maximum atomic E-state index is 11.3. The highest BCUT2D eigenvalue weighted by atomic mass is 35.5. The fourth-order valence-corrected chi connectivity index (χ4v) is 1.65. The fraction of sp³-hybridized carbons (Fsp3) is 0.250.